The van der Waals surface area contributed by atoms with Gasteiger partial charge in [0.2, 0.25) is 5.91 Å². The third kappa shape index (κ3) is 4.05. The molecule has 1 amide bonds. The van der Waals surface area contributed by atoms with Crippen molar-refractivity contribution in [2.45, 2.75) is 44.5 Å². The van der Waals surface area contributed by atoms with E-state index in [9.17, 15) is 9.59 Å². The Kier molecular flexibility index (Phi) is 5.88. The van der Waals surface area contributed by atoms with Gasteiger partial charge in [0.1, 0.15) is 0 Å². The number of anilines is 1. The number of carboxylic acid groups (broad SMARTS) is 1. The molecule has 0 fully saturated rings. The predicted molar refractivity (Wildman–Crippen MR) is 127 cm³/mol. The number of thioether (sulfide) groups is 1. The summed E-state index contributed by atoms with van der Waals surface area (Å²) in [5.41, 5.74) is 6.00. The first-order valence-electron chi connectivity index (χ1n) is 10.3. The van der Waals surface area contributed by atoms with Gasteiger partial charge in [-0.25, -0.2) is 4.79 Å². The van der Waals surface area contributed by atoms with Crippen LogP contribution in [0.3, 0.4) is 0 Å². The number of carboxylic acids is 1. The smallest absolute Gasteiger partial charge is 0.335 e. The Morgan fingerprint density at radius 3 is 2.44 bits per heavy atom. The zero-order valence-corrected chi connectivity index (χ0v) is 19.2. The van der Waals surface area contributed by atoms with Gasteiger partial charge in [0.15, 0.2) is 10.8 Å². The highest BCUT2D eigenvalue weighted by Gasteiger charge is 2.22. The largest absolute Gasteiger partial charge is 0.478 e. The molecule has 1 unspecified atom stereocenters. The summed E-state index contributed by atoms with van der Waals surface area (Å²) >= 11 is 1.38. The Bertz CT molecular complexity index is 1350. The van der Waals surface area contributed by atoms with Gasteiger partial charge in [-0.3, -0.25) is 9.20 Å². The number of aryl methyl sites for hydroxylation is 3. The summed E-state index contributed by atoms with van der Waals surface area (Å²) in [4.78, 5) is 24.0. The fourth-order valence-electron chi connectivity index (χ4n) is 3.86. The number of carbonyl (C=O) groups excluding carboxylic acids is 1. The van der Waals surface area contributed by atoms with Crippen molar-refractivity contribution in [1.29, 1.82) is 0 Å². The quantitative estimate of drug-likeness (QED) is 0.402. The van der Waals surface area contributed by atoms with E-state index in [4.69, 9.17) is 5.11 Å². The van der Waals surface area contributed by atoms with Gasteiger partial charge in [-0.2, -0.15) is 0 Å². The minimum absolute atomic E-state index is 0.165. The first-order valence-corrected chi connectivity index (χ1v) is 11.2. The van der Waals surface area contributed by atoms with E-state index in [1.54, 1.807) is 12.1 Å². The number of rotatable bonds is 6. The monoisotopic (exact) mass is 448 g/mol. The van der Waals surface area contributed by atoms with E-state index in [1.807, 2.05) is 17.4 Å². The van der Waals surface area contributed by atoms with Crippen LogP contribution in [-0.4, -0.2) is 36.8 Å². The molecule has 164 valence electrons. The van der Waals surface area contributed by atoms with Gasteiger partial charge in [-0.05, 0) is 74.7 Å². The molecular formula is C24H24N4O3S. The van der Waals surface area contributed by atoms with E-state index < -0.39 is 5.97 Å². The zero-order chi connectivity index (χ0) is 23.0. The third-order valence-electron chi connectivity index (χ3n) is 5.41. The number of aromatic carboxylic acids is 1. The van der Waals surface area contributed by atoms with Crippen LogP contribution in [0.25, 0.3) is 16.6 Å². The highest BCUT2D eigenvalue weighted by molar-refractivity contribution is 8.00. The standard InChI is InChI=1S/C24H24N4O3S/c1-5-19(22(29)25-17-8-6-16(7-9-17)23(30)31)32-24-27-26-20-12-14(3)18-11-13(2)10-15(4)21(18)28(20)24/h6-12,19H,5H2,1-4H3,(H,25,29)(H,30,31). The average molecular weight is 449 g/mol. The first kappa shape index (κ1) is 21.8. The van der Waals surface area contributed by atoms with Gasteiger partial charge in [0.05, 0.1) is 16.3 Å². The maximum Gasteiger partial charge on any atom is 0.335 e. The number of pyridine rings is 1. The summed E-state index contributed by atoms with van der Waals surface area (Å²) in [5, 5.41) is 22.1. The van der Waals surface area contributed by atoms with Crippen molar-refractivity contribution in [3.05, 3.63) is 64.7 Å². The van der Waals surface area contributed by atoms with Crippen LogP contribution in [0.5, 0.6) is 0 Å². The molecule has 0 bridgehead atoms. The average Bonchev–Trinajstić information content (AvgIpc) is 3.14. The maximum absolute atomic E-state index is 12.9. The Morgan fingerprint density at radius 2 is 1.78 bits per heavy atom. The number of nitrogens with zero attached hydrogens (tertiary/aromatic N) is 3. The molecule has 32 heavy (non-hydrogen) atoms. The zero-order valence-electron chi connectivity index (χ0n) is 18.3. The van der Waals surface area contributed by atoms with Gasteiger partial charge in [0.25, 0.3) is 0 Å². The lowest BCUT2D eigenvalue weighted by molar-refractivity contribution is -0.115. The number of hydrogen-bond donors (Lipinski definition) is 2. The molecule has 2 N–H and O–H groups in total. The number of amides is 1. The highest BCUT2D eigenvalue weighted by Crippen LogP contribution is 2.31. The molecule has 4 rings (SSSR count). The van der Waals surface area contributed by atoms with E-state index in [0.717, 1.165) is 27.7 Å². The summed E-state index contributed by atoms with van der Waals surface area (Å²) in [6.07, 6.45) is 0.598. The lowest BCUT2D eigenvalue weighted by Gasteiger charge is -2.15. The van der Waals surface area contributed by atoms with E-state index in [0.29, 0.717) is 17.3 Å². The normalized spacial score (nSPS) is 12.2. The van der Waals surface area contributed by atoms with Crippen molar-refractivity contribution in [3.63, 3.8) is 0 Å². The van der Waals surface area contributed by atoms with E-state index in [1.165, 1.54) is 29.5 Å². The molecular weight excluding hydrogens is 424 g/mol. The van der Waals surface area contributed by atoms with Crippen molar-refractivity contribution >= 4 is 45.9 Å². The Hall–Kier alpha value is -3.39. The molecule has 0 aliphatic carbocycles. The van der Waals surface area contributed by atoms with Crippen molar-refractivity contribution in [2.24, 2.45) is 0 Å². The molecule has 7 nitrogen and oxygen atoms in total. The Labute approximate surface area is 189 Å². The molecule has 2 heterocycles. The maximum atomic E-state index is 12.9. The number of hydrogen-bond acceptors (Lipinski definition) is 5. The van der Waals surface area contributed by atoms with Gasteiger partial charge >= 0.3 is 5.97 Å². The highest BCUT2D eigenvalue weighted by atomic mass is 32.2. The second-order valence-corrected chi connectivity index (χ2v) is 9.04. The van der Waals surface area contributed by atoms with E-state index in [2.05, 4.69) is 48.4 Å². The van der Waals surface area contributed by atoms with Crippen LogP contribution < -0.4 is 5.32 Å². The summed E-state index contributed by atoms with van der Waals surface area (Å²) < 4.78 is 2.03. The molecule has 2 aromatic heterocycles. The number of benzene rings is 2. The molecule has 0 radical (unpaired) electrons. The topological polar surface area (TPSA) is 96.6 Å². The van der Waals surface area contributed by atoms with Crippen molar-refractivity contribution in [2.75, 3.05) is 5.32 Å². The molecule has 0 aliphatic rings. The second kappa shape index (κ2) is 8.63. The molecule has 1 atom stereocenters. The van der Waals surface area contributed by atoms with Crippen LogP contribution in [0.15, 0.2) is 47.6 Å². The van der Waals surface area contributed by atoms with Gasteiger partial charge in [-0.1, -0.05) is 30.3 Å². The Morgan fingerprint density at radius 1 is 1.06 bits per heavy atom. The van der Waals surface area contributed by atoms with Crippen molar-refractivity contribution in [3.8, 4) is 0 Å². The molecule has 0 saturated carbocycles. The fraction of sp³-hybridized carbons (Fsp3) is 0.250. The third-order valence-corrected chi connectivity index (χ3v) is 6.71. The summed E-state index contributed by atoms with van der Waals surface area (Å²) in [6, 6.07) is 12.4. The number of aromatic nitrogens is 3. The molecule has 0 spiro atoms. The van der Waals surface area contributed by atoms with E-state index >= 15 is 0 Å². The van der Waals surface area contributed by atoms with Crippen LogP contribution in [0, 0.1) is 20.8 Å². The minimum atomic E-state index is -1.00. The number of nitrogens with one attached hydrogen (secondary N) is 1. The minimum Gasteiger partial charge on any atom is -0.478 e. The van der Waals surface area contributed by atoms with Crippen LogP contribution >= 0.6 is 11.8 Å². The van der Waals surface area contributed by atoms with Gasteiger partial charge < -0.3 is 10.4 Å². The van der Waals surface area contributed by atoms with Gasteiger partial charge in [-0.15, -0.1) is 10.2 Å². The molecule has 2 aromatic carbocycles. The molecule has 4 aromatic rings. The predicted octanol–water partition coefficient (Wildman–Crippen LogP) is 5.02. The SMILES string of the molecule is CCC(Sc1nnc2cc(C)c3cc(C)cc(C)c3n12)C(=O)Nc1ccc(C(=O)O)cc1. The van der Waals surface area contributed by atoms with Crippen molar-refractivity contribution < 1.29 is 14.7 Å². The first-order chi connectivity index (χ1) is 15.3. The van der Waals surface area contributed by atoms with Crippen LogP contribution in [0.4, 0.5) is 5.69 Å². The molecule has 8 heteroatoms. The number of carbonyl (C=O) groups is 2. The van der Waals surface area contributed by atoms with Crippen LogP contribution in [-0.2, 0) is 4.79 Å². The summed E-state index contributed by atoms with van der Waals surface area (Å²) in [7, 11) is 0. The summed E-state index contributed by atoms with van der Waals surface area (Å²) in [5.74, 6) is -1.17. The Balaban J connectivity index is 1.66. The number of fused-ring (bicyclic) bond motifs is 3. The lowest BCUT2D eigenvalue weighted by atomic mass is 10.0. The summed E-state index contributed by atoms with van der Waals surface area (Å²) in [6.45, 7) is 8.18. The molecule has 0 saturated heterocycles. The van der Waals surface area contributed by atoms with E-state index in [-0.39, 0.29) is 16.7 Å². The molecule has 0 aliphatic heterocycles. The van der Waals surface area contributed by atoms with Crippen molar-refractivity contribution in [1.82, 2.24) is 14.6 Å². The lowest BCUT2D eigenvalue weighted by Crippen LogP contribution is -2.25. The van der Waals surface area contributed by atoms with Crippen LogP contribution in [0.2, 0.25) is 0 Å². The van der Waals surface area contributed by atoms with Crippen LogP contribution in [0.1, 0.15) is 40.4 Å². The fourth-order valence-corrected chi connectivity index (χ4v) is 4.82. The van der Waals surface area contributed by atoms with Gasteiger partial charge in [0, 0.05) is 11.1 Å². The second-order valence-electron chi connectivity index (χ2n) is 7.87.